The molecule has 0 aromatic rings. The molecule has 0 aliphatic rings. The fourth-order valence-corrected chi connectivity index (χ4v) is 6.37. The summed E-state index contributed by atoms with van der Waals surface area (Å²) in [5.41, 5.74) is 0. The molecule has 0 saturated heterocycles. The second-order valence-corrected chi connectivity index (χ2v) is 15.1. The van der Waals surface area contributed by atoms with E-state index in [9.17, 15) is 15.0 Å². The maximum absolute atomic E-state index is 12.3. The van der Waals surface area contributed by atoms with E-state index in [0.717, 1.165) is 77.0 Å². The number of unbranched alkanes of at least 4 members (excludes halogenated alkanes) is 17. The molecule has 0 aromatic heterocycles. The first-order valence-electron chi connectivity index (χ1n) is 22.9. The van der Waals surface area contributed by atoms with Gasteiger partial charge in [0.2, 0.25) is 5.91 Å². The number of hydrogen-bond acceptors (Lipinski definition) is 3. The zero-order valence-corrected chi connectivity index (χ0v) is 35.9. The first-order chi connectivity index (χ1) is 27.2. The third kappa shape index (κ3) is 42.3. The van der Waals surface area contributed by atoms with E-state index in [-0.39, 0.29) is 12.5 Å². The van der Waals surface area contributed by atoms with Crippen LogP contribution in [-0.4, -0.2) is 34.9 Å². The molecule has 55 heavy (non-hydrogen) atoms. The molecule has 0 aliphatic carbocycles. The molecule has 2 unspecified atom stereocenters. The van der Waals surface area contributed by atoms with Crippen molar-refractivity contribution in [2.75, 3.05) is 6.61 Å². The van der Waals surface area contributed by atoms with E-state index in [1.807, 2.05) is 0 Å². The number of allylic oxidation sites excluding steroid dienone is 16. The molecule has 1 amide bonds. The van der Waals surface area contributed by atoms with Crippen LogP contribution in [0.5, 0.6) is 0 Å². The Morgan fingerprint density at radius 2 is 0.800 bits per heavy atom. The van der Waals surface area contributed by atoms with Gasteiger partial charge < -0.3 is 15.5 Å². The van der Waals surface area contributed by atoms with Crippen LogP contribution in [0.25, 0.3) is 0 Å². The van der Waals surface area contributed by atoms with Gasteiger partial charge in [0.15, 0.2) is 0 Å². The van der Waals surface area contributed by atoms with E-state index in [2.05, 4.69) is 116 Å². The molecule has 0 heterocycles. The first kappa shape index (κ1) is 52.3. The van der Waals surface area contributed by atoms with Crippen LogP contribution >= 0.6 is 0 Å². The number of aliphatic hydroxyl groups excluding tert-OH is 2. The zero-order valence-electron chi connectivity index (χ0n) is 35.9. The number of carbonyl (C=O) groups excluding carboxylic acids is 1. The van der Waals surface area contributed by atoms with E-state index in [1.54, 1.807) is 0 Å². The quantitative estimate of drug-likeness (QED) is 0.0430. The fraction of sp³-hybridized carbons (Fsp3) is 0.667. The van der Waals surface area contributed by atoms with Crippen LogP contribution in [0.3, 0.4) is 0 Å². The predicted molar refractivity (Wildman–Crippen MR) is 243 cm³/mol. The Balaban J connectivity index is 3.52. The van der Waals surface area contributed by atoms with Crippen molar-refractivity contribution in [2.24, 2.45) is 0 Å². The zero-order chi connectivity index (χ0) is 40.0. The van der Waals surface area contributed by atoms with E-state index in [0.29, 0.717) is 12.8 Å². The molecule has 0 saturated carbocycles. The Bertz CT molecular complexity index is 1050. The molecule has 0 spiro atoms. The summed E-state index contributed by atoms with van der Waals surface area (Å²) in [7, 11) is 0. The van der Waals surface area contributed by atoms with Gasteiger partial charge in [-0.1, -0.05) is 214 Å². The first-order valence-corrected chi connectivity index (χ1v) is 22.9. The maximum Gasteiger partial charge on any atom is 0.220 e. The van der Waals surface area contributed by atoms with Gasteiger partial charge in [-0.3, -0.25) is 4.79 Å². The van der Waals surface area contributed by atoms with Gasteiger partial charge in [0.1, 0.15) is 0 Å². The lowest BCUT2D eigenvalue weighted by molar-refractivity contribution is -0.123. The van der Waals surface area contributed by atoms with Crippen molar-refractivity contribution in [1.82, 2.24) is 5.32 Å². The van der Waals surface area contributed by atoms with Gasteiger partial charge in [-0.15, -0.1) is 0 Å². The summed E-state index contributed by atoms with van der Waals surface area (Å²) in [6.45, 7) is 4.17. The normalized spacial score (nSPS) is 13.9. The number of nitrogens with one attached hydrogen (secondary N) is 1. The van der Waals surface area contributed by atoms with E-state index in [1.165, 1.54) is 96.3 Å². The minimum Gasteiger partial charge on any atom is -0.394 e. The second kappa shape index (κ2) is 45.7. The second-order valence-electron chi connectivity index (χ2n) is 15.1. The van der Waals surface area contributed by atoms with Crippen molar-refractivity contribution < 1.29 is 15.0 Å². The molecule has 0 radical (unpaired) electrons. The van der Waals surface area contributed by atoms with Crippen LogP contribution in [0.4, 0.5) is 0 Å². The number of rotatable bonds is 40. The molecular weight excluding hydrogens is 675 g/mol. The predicted octanol–water partition coefficient (Wildman–Crippen LogP) is 14.6. The molecule has 4 nitrogen and oxygen atoms in total. The van der Waals surface area contributed by atoms with Gasteiger partial charge in [-0.25, -0.2) is 0 Å². The summed E-state index contributed by atoms with van der Waals surface area (Å²) < 4.78 is 0. The molecule has 314 valence electrons. The maximum atomic E-state index is 12.3. The van der Waals surface area contributed by atoms with Gasteiger partial charge in [0.25, 0.3) is 0 Å². The van der Waals surface area contributed by atoms with Crippen molar-refractivity contribution in [3.8, 4) is 0 Å². The lowest BCUT2D eigenvalue weighted by atomic mass is 10.0. The summed E-state index contributed by atoms with van der Waals surface area (Å²) >= 11 is 0. The fourth-order valence-electron chi connectivity index (χ4n) is 6.37. The monoisotopic (exact) mass is 762 g/mol. The summed E-state index contributed by atoms with van der Waals surface area (Å²) in [5.74, 6) is -0.0439. The van der Waals surface area contributed by atoms with Crippen molar-refractivity contribution in [2.45, 2.75) is 212 Å². The summed E-state index contributed by atoms with van der Waals surface area (Å²) in [5, 5.41) is 22.9. The minimum absolute atomic E-state index is 0.0439. The third-order valence-corrected chi connectivity index (χ3v) is 9.86. The molecule has 0 rings (SSSR count). The Labute approximate surface area is 341 Å². The largest absolute Gasteiger partial charge is 0.394 e. The Kier molecular flexibility index (Phi) is 43.5. The number of aliphatic hydroxyl groups is 2. The summed E-state index contributed by atoms with van der Waals surface area (Å²) in [6, 6.07) is -0.538. The Morgan fingerprint density at radius 1 is 0.455 bits per heavy atom. The molecule has 4 heteroatoms. The molecule has 0 bridgehead atoms. The van der Waals surface area contributed by atoms with E-state index < -0.39 is 12.1 Å². The van der Waals surface area contributed by atoms with Crippen LogP contribution in [0.15, 0.2) is 97.2 Å². The van der Waals surface area contributed by atoms with E-state index >= 15 is 0 Å². The summed E-state index contributed by atoms with van der Waals surface area (Å²) in [6.07, 6.45) is 68.1. The Hall–Kier alpha value is -2.69. The SMILES string of the molecule is CC/C=C\C/C=C\C/C=C\C/C=C\C/C=C\C/C=C\C/C=C\C/C=C\CCCCCCCCCCCCCCC(=O)NC(CO)C(O)CCCCCCCC. The highest BCUT2D eigenvalue weighted by atomic mass is 16.3. The van der Waals surface area contributed by atoms with Gasteiger partial charge in [0.05, 0.1) is 18.8 Å². The average Bonchev–Trinajstić information content (AvgIpc) is 3.19. The number of hydrogen-bond donors (Lipinski definition) is 3. The van der Waals surface area contributed by atoms with E-state index in [4.69, 9.17) is 0 Å². The molecule has 2 atom stereocenters. The lowest BCUT2D eigenvalue weighted by Gasteiger charge is -2.22. The minimum atomic E-state index is -0.661. The van der Waals surface area contributed by atoms with Crippen LogP contribution in [-0.2, 0) is 4.79 Å². The number of carbonyl (C=O) groups is 1. The summed E-state index contributed by atoms with van der Waals surface area (Å²) in [4.78, 5) is 12.3. The van der Waals surface area contributed by atoms with Gasteiger partial charge in [-0.05, 0) is 77.0 Å². The lowest BCUT2D eigenvalue weighted by Crippen LogP contribution is -2.45. The third-order valence-electron chi connectivity index (χ3n) is 9.86. The van der Waals surface area contributed by atoms with Gasteiger partial charge >= 0.3 is 0 Å². The van der Waals surface area contributed by atoms with Crippen LogP contribution in [0.1, 0.15) is 200 Å². The van der Waals surface area contributed by atoms with Crippen molar-refractivity contribution in [3.05, 3.63) is 97.2 Å². The smallest absolute Gasteiger partial charge is 0.220 e. The average molecular weight is 762 g/mol. The van der Waals surface area contributed by atoms with Crippen molar-refractivity contribution in [3.63, 3.8) is 0 Å². The van der Waals surface area contributed by atoms with Crippen molar-refractivity contribution >= 4 is 5.91 Å². The highest BCUT2D eigenvalue weighted by Gasteiger charge is 2.19. The van der Waals surface area contributed by atoms with Gasteiger partial charge in [0, 0.05) is 6.42 Å². The molecular formula is C51H87NO3. The number of amides is 1. The molecule has 3 N–H and O–H groups in total. The van der Waals surface area contributed by atoms with Crippen LogP contribution < -0.4 is 5.32 Å². The topological polar surface area (TPSA) is 69.6 Å². The highest BCUT2D eigenvalue weighted by Crippen LogP contribution is 2.14. The Morgan fingerprint density at radius 3 is 1.20 bits per heavy atom. The van der Waals surface area contributed by atoms with Crippen LogP contribution in [0, 0.1) is 0 Å². The van der Waals surface area contributed by atoms with Crippen molar-refractivity contribution in [1.29, 1.82) is 0 Å². The van der Waals surface area contributed by atoms with Crippen LogP contribution in [0.2, 0.25) is 0 Å². The molecule has 0 fully saturated rings. The molecule has 0 aromatic carbocycles. The molecule has 0 aliphatic heterocycles. The standard InChI is InChI=1S/C51H87NO3/c1-3-5-7-9-11-12-13-14-15-16-17-18-19-20-21-22-23-24-25-26-27-28-29-30-31-32-33-34-35-36-37-38-39-40-41-43-45-47-51(55)52-49(48-53)50(54)46-44-42-10-8-6-4-2/h5,7,11-12,14-15,17-18,20-21,23-24,26-27,29-30,49-50,53-54H,3-4,6,8-10,13,16,19,22,25,28,31-48H2,1-2H3,(H,52,55)/b7-5-,12-11-,15-14-,18-17-,21-20-,24-23-,27-26-,30-29-. The van der Waals surface area contributed by atoms with Gasteiger partial charge in [-0.2, -0.15) is 0 Å². The highest BCUT2D eigenvalue weighted by molar-refractivity contribution is 5.76.